The van der Waals surface area contributed by atoms with Gasteiger partial charge in [-0.15, -0.1) is 0 Å². The van der Waals surface area contributed by atoms with Crippen LogP contribution in [0.25, 0.3) is 0 Å². The Morgan fingerprint density at radius 2 is 1.87 bits per heavy atom. The molecule has 0 spiro atoms. The molecule has 1 unspecified atom stereocenters. The van der Waals surface area contributed by atoms with Crippen LogP contribution in [0.15, 0.2) is 59.1 Å². The van der Waals surface area contributed by atoms with Gasteiger partial charge in [0.1, 0.15) is 6.61 Å². The fourth-order valence-electron chi connectivity index (χ4n) is 3.63. The lowest BCUT2D eigenvalue weighted by atomic mass is 10.1. The average Bonchev–Trinajstić information content (AvgIpc) is 3.05. The van der Waals surface area contributed by atoms with E-state index < -0.39 is 5.97 Å². The van der Waals surface area contributed by atoms with Gasteiger partial charge in [0, 0.05) is 21.4 Å². The van der Waals surface area contributed by atoms with Crippen LogP contribution in [0.3, 0.4) is 0 Å². The molecule has 31 heavy (non-hydrogen) atoms. The van der Waals surface area contributed by atoms with E-state index in [-0.39, 0.29) is 18.5 Å². The summed E-state index contributed by atoms with van der Waals surface area (Å²) in [5.74, 6) is 0.684. The van der Waals surface area contributed by atoms with Crippen molar-refractivity contribution in [1.29, 1.82) is 0 Å². The predicted molar refractivity (Wildman–Crippen MR) is 119 cm³/mol. The van der Waals surface area contributed by atoms with Crippen molar-refractivity contribution in [2.75, 3.05) is 13.2 Å². The fourth-order valence-corrected chi connectivity index (χ4v) is 4.03. The highest BCUT2D eigenvalue weighted by molar-refractivity contribution is 9.10. The molecule has 7 heteroatoms. The van der Waals surface area contributed by atoms with E-state index in [2.05, 4.69) is 15.9 Å². The monoisotopic (exact) mass is 483 g/mol. The molecular weight excluding hydrogens is 462 g/mol. The second kappa shape index (κ2) is 8.98. The standard InChI is InChI=1S/C24H22BrNO5/c1-15-10-20(21(27)14-30-24(28)17-6-5-7-18(25)11-17)16(2)26(15)12-19-13-29-22-8-3-4-9-23(22)31-19/h3-11,19H,12-14H2,1-2H3. The molecule has 0 aliphatic carbocycles. The molecule has 0 N–H and O–H groups in total. The number of hydrogen-bond acceptors (Lipinski definition) is 5. The lowest BCUT2D eigenvalue weighted by Gasteiger charge is -2.27. The van der Waals surface area contributed by atoms with Crippen LogP contribution < -0.4 is 9.47 Å². The zero-order chi connectivity index (χ0) is 22.0. The molecule has 2 aromatic carbocycles. The topological polar surface area (TPSA) is 66.8 Å². The van der Waals surface area contributed by atoms with Crippen LogP contribution >= 0.6 is 15.9 Å². The van der Waals surface area contributed by atoms with E-state index in [4.69, 9.17) is 14.2 Å². The number of halogens is 1. The number of hydrogen-bond donors (Lipinski definition) is 0. The lowest BCUT2D eigenvalue weighted by Crippen LogP contribution is -2.33. The van der Waals surface area contributed by atoms with Crippen LogP contribution in [0.5, 0.6) is 11.5 Å². The molecule has 0 radical (unpaired) electrons. The number of benzene rings is 2. The van der Waals surface area contributed by atoms with E-state index in [1.54, 1.807) is 18.2 Å². The van der Waals surface area contributed by atoms with Gasteiger partial charge in [-0.05, 0) is 50.2 Å². The summed E-state index contributed by atoms with van der Waals surface area (Å²) >= 11 is 3.32. The number of aromatic nitrogens is 1. The zero-order valence-corrected chi connectivity index (χ0v) is 18.8. The number of carbonyl (C=O) groups excluding carboxylic acids is 2. The Morgan fingerprint density at radius 3 is 2.65 bits per heavy atom. The Hall–Kier alpha value is -3.06. The zero-order valence-electron chi connectivity index (χ0n) is 17.3. The van der Waals surface area contributed by atoms with Crippen molar-refractivity contribution in [3.05, 3.63) is 81.6 Å². The highest BCUT2D eigenvalue weighted by Crippen LogP contribution is 2.31. The Bertz CT molecular complexity index is 1140. The maximum Gasteiger partial charge on any atom is 0.338 e. The number of aryl methyl sites for hydroxylation is 1. The normalized spacial score (nSPS) is 14.9. The summed E-state index contributed by atoms with van der Waals surface area (Å²) in [5, 5.41) is 0. The molecule has 3 aromatic rings. The van der Waals surface area contributed by atoms with Crippen LogP contribution in [0.4, 0.5) is 0 Å². The summed E-state index contributed by atoms with van der Waals surface area (Å²) in [6.07, 6.45) is -0.169. The van der Waals surface area contributed by atoms with Gasteiger partial charge >= 0.3 is 5.97 Å². The smallest absolute Gasteiger partial charge is 0.338 e. The molecule has 2 heterocycles. The Labute approximate surface area is 188 Å². The largest absolute Gasteiger partial charge is 0.486 e. The molecule has 0 saturated heterocycles. The summed E-state index contributed by atoms with van der Waals surface area (Å²) in [7, 11) is 0. The van der Waals surface area contributed by atoms with Crippen molar-refractivity contribution in [2.45, 2.75) is 26.5 Å². The molecule has 1 aliphatic rings. The van der Waals surface area contributed by atoms with Crippen LogP contribution in [-0.4, -0.2) is 35.6 Å². The highest BCUT2D eigenvalue weighted by atomic mass is 79.9. The lowest BCUT2D eigenvalue weighted by molar-refractivity contribution is 0.0474. The number of para-hydroxylation sites is 2. The maximum absolute atomic E-state index is 12.7. The van der Waals surface area contributed by atoms with Gasteiger partial charge in [0.25, 0.3) is 0 Å². The van der Waals surface area contributed by atoms with Gasteiger partial charge in [-0.25, -0.2) is 4.79 Å². The second-order valence-corrected chi connectivity index (χ2v) is 8.32. The molecule has 1 atom stereocenters. The van der Waals surface area contributed by atoms with Crippen molar-refractivity contribution in [3.63, 3.8) is 0 Å². The van der Waals surface area contributed by atoms with E-state index in [1.165, 1.54) is 0 Å². The van der Waals surface area contributed by atoms with Crippen molar-refractivity contribution >= 4 is 27.7 Å². The molecule has 1 aromatic heterocycles. The van der Waals surface area contributed by atoms with Crippen molar-refractivity contribution in [2.24, 2.45) is 0 Å². The Kier molecular flexibility index (Phi) is 6.13. The number of Topliss-reactive ketones (excluding diaryl/α,β-unsaturated/α-hetero) is 1. The molecule has 160 valence electrons. The third-order valence-electron chi connectivity index (χ3n) is 5.22. The third-order valence-corrected chi connectivity index (χ3v) is 5.72. The van der Waals surface area contributed by atoms with Crippen molar-refractivity contribution in [1.82, 2.24) is 4.57 Å². The number of carbonyl (C=O) groups is 2. The summed E-state index contributed by atoms with van der Waals surface area (Å²) < 4.78 is 19.9. The predicted octanol–water partition coefficient (Wildman–Crippen LogP) is 4.75. The minimum atomic E-state index is -0.533. The van der Waals surface area contributed by atoms with E-state index >= 15 is 0 Å². The summed E-state index contributed by atoms with van der Waals surface area (Å²) in [6.45, 7) is 4.49. The number of fused-ring (bicyclic) bond motifs is 1. The molecule has 6 nitrogen and oxygen atoms in total. The SMILES string of the molecule is Cc1cc(C(=O)COC(=O)c2cccc(Br)c2)c(C)n1CC1COc2ccccc2O1. The maximum atomic E-state index is 12.7. The summed E-state index contributed by atoms with van der Waals surface area (Å²) in [6, 6.07) is 16.3. The molecule has 4 rings (SSSR count). The first-order valence-electron chi connectivity index (χ1n) is 9.93. The van der Waals surface area contributed by atoms with Gasteiger partial charge in [-0.1, -0.05) is 34.1 Å². The van der Waals surface area contributed by atoms with Crippen LogP contribution in [0, 0.1) is 13.8 Å². The van der Waals surface area contributed by atoms with Gasteiger partial charge in [0.05, 0.1) is 12.1 Å². The van der Waals surface area contributed by atoms with Crippen LogP contribution in [0.1, 0.15) is 32.1 Å². The quantitative estimate of drug-likeness (QED) is 0.373. The first kappa shape index (κ1) is 21.2. The number of ether oxygens (including phenoxy) is 3. The average molecular weight is 484 g/mol. The molecule has 0 bridgehead atoms. The number of rotatable bonds is 6. The fraction of sp³-hybridized carbons (Fsp3) is 0.250. The van der Waals surface area contributed by atoms with Gasteiger partial charge in [0.2, 0.25) is 5.78 Å². The molecule has 0 fully saturated rings. The van der Waals surface area contributed by atoms with Gasteiger partial charge in [0.15, 0.2) is 24.2 Å². The number of ketones is 1. The van der Waals surface area contributed by atoms with E-state index in [0.29, 0.717) is 24.3 Å². The first-order valence-corrected chi connectivity index (χ1v) is 10.7. The number of esters is 1. The van der Waals surface area contributed by atoms with Crippen LogP contribution in [0.2, 0.25) is 0 Å². The Morgan fingerprint density at radius 1 is 1.10 bits per heavy atom. The van der Waals surface area contributed by atoms with E-state index in [0.717, 1.165) is 27.4 Å². The van der Waals surface area contributed by atoms with Crippen LogP contribution in [-0.2, 0) is 11.3 Å². The van der Waals surface area contributed by atoms with Gasteiger partial charge < -0.3 is 18.8 Å². The van der Waals surface area contributed by atoms with E-state index in [1.807, 2.05) is 54.8 Å². The molecular formula is C24H22BrNO5. The first-order chi connectivity index (χ1) is 14.9. The molecule has 1 aliphatic heterocycles. The third kappa shape index (κ3) is 4.66. The van der Waals surface area contributed by atoms with Crippen molar-refractivity contribution in [3.8, 4) is 11.5 Å². The van der Waals surface area contributed by atoms with Gasteiger partial charge in [-0.3, -0.25) is 4.79 Å². The van der Waals surface area contributed by atoms with Gasteiger partial charge in [-0.2, -0.15) is 0 Å². The molecule has 0 amide bonds. The summed E-state index contributed by atoms with van der Waals surface area (Å²) in [5.41, 5.74) is 2.67. The highest BCUT2D eigenvalue weighted by Gasteiger charge is 2.24. The second-order valence-electron chi connectivity index (χ2n) is 7.40. The summed E-state index contributed by atoms with van der Waals surface area (Å²) in [4.78, 5) is 25.0. The Balaban J connectivity index is 1.42. The minimum Gasteiger partial charge on any atom is -0.486 e. The van der Waals surface area contributed by atoms with E-state index in [9.17, 15) is 9.59 Å². The minimum absolute atomic E-state index is 0.169. The number of nitrogens with zero attached hydrogens (tertiary/aromatic N) is 1. The van der Waals surface area contributed by atoms with Crippen molar-refractivity contribution < 1.29 is 23.8 Å². The molecule has 0 saturated carbocycles.